The van der Waals surface area contributed by atoms with Gasteiger partial charge in [-0.15, -0.1) is 0 Å². The zero-order valence-electron chi connectivity index (χ0n) is 5.95. The Hall–Kier alpha value is -0.260. The van der Waals surface area contributed by atoms with Gasteiger partial charge < -0.3 is 0 Å². The monoisotopic (exact) mass is 122 g/mol. The molecule has 0 unspecified atom stereocenters. The van der Waals surface area contributed by atoms with E-state index in [1.54, 1.807) is 0 Å². The van der Waals surface area contributed by atoms with E-state index in [2.05, 4.69) is 6.58 Å². The smallest absolute Gasteiger partial charge is 0.0291 e. The third kappa shape index (κ3) is 0.910. The Bertz CT molecular complexity index is 128. The fourth-order valence-electron chi connectivity index (χ4n) is 1.81. The summed E-state index contributed by atoms with van der Waals surface area (Å²) in [6.45, 7) is 4.01. The summed E-state index contributed by atoms with van der Waals surface area (Å²) in [5.41, 5.74) is 2.34. The van der Waals surface area contributed by atoms with Crippen molar-refractivity contribution >= 4 is 0 Å². The summed E-state index contributed by atoms with van der Waals surface area (Å²) in [5.74, 6) is 0. The van der Waals surface area contributed by atoms with E-state index < -0.39 is 0 Å². The van der Waals surface area contributed by atoms with Crippen LogP contribution in [-0.2, 0) is 0 Å². The van der Waals surface area contributed by atoms with Crippen molar-refractivity contribution in [1.29, 1.82) is 0 Å². The van der Waals surface area contributed by atoms with E-state index in [9.17, 15) is 0 Å². The van der Waals surface area contributed by atoms with Crippen molar-refractivity contribution in [2.24, 2.45) is 5.41 Å². The van der Waals surface area contributed by atoms with Gasteiger partial charge in [-0.1, -0.05) is 12.2 Å². The Kier molecular flexibility index (Phi) is 0.992. The van der Waals surface area contributed by atoms with E-state index >= 15 is 0 Å². The molecular weight excluding hydrogens is 108 g/mol. The molecule has 2 aliphatic rings. The van der Waals surface area contributed by atoms with Gasteiger partial charge in [-0.05, 0) is 43.9 Å². The van der Waals surface area contributed by atoms with Crippen LogP contribution >= 0.6 is 0 Å². The van der Waals surface area contributed by atoms with Crippen molar-refractivity contribution < 1.29 is 0 Å². The first-order valence-electron chi connectivity index (χ1n) is 3.97. The van der Waals surface area contributed by atoms with Gasteiger partial charge in [0, 0.05) is 0 Å². The van der Waals surface area contributed by atoms with Gasteiger partial charge in [-0.2, -0.15) is 0 Å². The Balaban J connectivity index is 1.98. The molecule has 0 heterocycles. The Morgan fingerprint density at radius 1 is 1.00 bits per heavy atom. The lowest BCUT2D eigenvalue weighted by atomic mass is 9.84. The second kappa shape index (κ2) is 1.62. The largest absolute Gasteiger partial charge is 0.0999 e. The predicted octanol–water partition coefficient (Wildman–Crippen LogP) is 2.90. The molecule has 1 spiro atoms. The molecule has 0 atom stereocenters. The lowest BCUT2D eigenvalue weighted by Crippen LogP contribution is -2.07. The lowest BCUT2D eigenvalue weighted by Gasteiger charge is -2.21. The maximum atomic E-state index is 4.01. The molecule has 50 valence electrons. The molecule has 0 saturated heterocycles. The normalized spacial score (nSPS) is 30.9. The molecule has 0 bridgehead atoms. The molecule has 0 heteroatoms. The highest BCUT2D eigenvalue weighted by Crippen LogP contribution is 2.56. The molecule has 0 aromatic rings. The zero-order chi connectivity index (χ0) is 6.32. The Morgan fingerprint density at radius 3 is 2.00 bits per heavy atom. The van der Waals surface area contributed by atoms with Gasteiger partial charge in [0.25, 0.3) is 0 Å². The van der Waals surface area contributed by atoms with Gasteiger partial charge in [0.05, 0.1) is 0 Å². The molecule has 0 nitrogen and oxygen atoms in total. The minimum absolute atomic E-state index is 0.848. The Labute approximate surface area is 57.0 Å². The van der Waals surface area contributed by atoms with Crippen LogP contribution in [-0.4, -0.2) is 0 Å². The van der Waals surface area contributed by atoms with E-state index in [0.717, 1.165) is 5.41 Å². The highest BCUT2D eigenvalue weighted by molar-refractivity contribution is 5.07. The first kappa shape index (κ1) is 5.52. The van der Waals surface area contributed by atoms with Gasteiger partial charge >= 0.3 is 0 Å². The minimum atomic E-state index is 0.848. The Morgan fingerprint density at radius 2 is 1.56 bits per heavy atom. The second-order valence-electron chi connectivity index (χ2n) is 3.75. The third-order valence-electron chi connectivity index (χ3n) is 2.97. The van der Waals surface area contributed by atoms with Crippen molar-refractivity contribution in [2.75, 3.05) is 0 Å². The standard InChI is InChI=1S/C9H14/c1-8-2-4-9(5-3-8)6-7-9/h1-7H2. The average molecular weight is 122 g/mol. The molecule has 0 N–H and O–H groups in total. The summed E-state index contributed by atoms with van der Waals surface area (Å²) in [4.78, 5) is 0. The fourth-order valence-corrected chi connectivity index (χ4v) is 1.81. The zero-order valence-corrected chi connectivity index (χ0v) is 5.95. The van der Waals surface area contributed by atoms with Crippen LogP contribution < -0.4 is 0 Å². The van der Waals surface area contributed by atoms with Crippen LogP contribution in [0.2, 0.25) is 0 Å². The SMILES string of the molecule is C=C1CCC2(CC1)CC2. The van der Waals surface area contributed by atoms with Gasteiger partial charge in [0.15, 0.2) is 0 Å². The van der Waals surface area contributed by atoms with E-state index in [1.807, 2.05) is 0 Å². The van der Waals surface area contributed by atoms with E-state index in [-0.39, 0.29) is 0 Å². The van der Waals surface area contributed by atoms with Crippen LogP contribution in [0.25, 0.3) is 0 Å². The van der Waals surface area contributed by atoms with Crippen LogP contribution in [0.3, 0.4) is 0 Å². The van der Waals surface area contributed by atoms with Crippen molar-refractivity contribution in [1.82, 2.24) is 0 Å². The summed E-state index contributed by atoms with van der Waals surface area (Å²) in [6, 6.07) is 0. The van der Waals surface area contributed by atoms with Crippen LogP contribution in [0.15, 0.2) is 12.2 Å². The van der Waals surface area contributed by atoms with Crippen LogP contribution in [0.5, 0.6) is 0 Å². The second-order valence-corrected chi connectivity index (χ2v) is 3.75. The highest BCUT2D eigenvalue weighted by Gasteiger charge is 2.43. The summed E-state index contributed by atoms with van der Waals surface area (Å²) < 4.78 is 0. The van der Waals surface area contributed by atoms with Gasteiger partial charge in [-0.3, -0.25) is 0 Å². The maximum Gasteiger partial charge on any atom is -0.0291 e. The number of allylic oxidation sites excluding steroid dienone is 1. The van der Waals surface area contributed by atoms with E-state index in [4.69, 9.17) is 0 Å². The molecule has 0 aromatic heterocycles. The molecule has 2 rings (SSSR count). The molecule has 0 aromatic carbocycles. The first-order valence-corrected chi connectivity index (χ1v) is 3.97. The third-order valence-corrected chi connectivity index (χ3v) is 2.97. The molecule has 2 aliphatic carbocycles. The maximum absolute atomic E-state index is 4.01. The number of hydrogen-bond acceptors (Lipinski definition) is 0. The van der Waals surface area contributed by atoms with E-state index in [1.165, 1.54) is 44.1 Å². The molecule has 2 fully saturated rings. The molecule has 0 radical (unpaired) electrons. The minimum Gasteiger partial charge on any atom is -0.0999 e. The van der Waals surface area contributed by atoms with Crippen LogP contribution in [0.4, 0.5) is 0 Å². The topological polar surface area (TPSA) is 0 Å². The molecule has 0 aliphatic heterocycles. The summed E-state index contributed by atoms with van der Waals surface area (Å²) >= 11 is 0. The van der Waals surface area contributed by atoms with Crippen LogP contribution in [0.1, 0.15) is 38.5 Å². The molecular formula is C9H14. The lowest BCUT2D eigenvalue weighted by molar-refractivity contribution is 0.387. The van der Waals surface area contributed by atoms with Crippen molar-refractivity contribution in [2.45, 2.75) is 38.5 Å². The van der Waals surface area contributed by atoms with Crippen molar-refractivity contribution in [3.63, 3.8) is 0 Å². The average Bonchev–Trinajstić information content (AvgIpc) is 2.60. The van der Waals surface area contributed by atoms with E-state index in [0.29, 0.717) is 0 Å². The highest BCUT2D eigenvalue weighted by atomic mass is 14.5. The van der Waals surface area contributed by atoms with Crippen molar-refractivity contribution in [3.05, 3.63) is 12.2 Å². The fraction of sp³-hybridized carbons (Fsp3) is 0.778. The molecule has 2 saturated carbocycles. The summed E-state index contributed by atoms with van der Waals surface area (Å²) in [5, 5.41) is 0. The first-order chi connectivity index (χ1) is 4.31. The van der Waals surface area contributed by atoms with Crippen molar-refractivity contribution in [3.8, 4) is 0 Å². The summed E-state index contributed by atoms with van der Waals surface area (Å²) in [6.07, 6.45) is 8.57. The molecule has 0 amide bonds. The summed E-state index contributed by atoms with van der Waals surface area (Å²) in [7, 11) is 0. The predicted molar refractivity (Wildman–Crippen MR) is 39.3 cm³/mol. The van der Waals surface area contributed by atoms with Gasteiger partial charge in [0.1, 0.15) is 0 Å². The van der Waals surface area contributed by atoms with Gasteiger partial charge in [0.2, 0.25) is 0 Å². The number of rotatable bonds is 0. The molecule has 9 heavy (non-hydrogen) atoms. The number of hydrogen-bond donors (Lipinski definition) is 0. The van der Waals surface area contributed by atoms with Crippen LogP contribution in [0, 0.1) is 5.41 Å². The quantitative estimate of drug-likeness (QED) is 0.433. The van der Waals surface area contributed by atoms with Gasteiger partial charge in [-0.25, -0.2) is 0 Å².